The Morgan fingerprint density at radius 3 is 2.31 bits per heavy atom. The summed E-state index contributed by atoms with van der Waals surface area (Å²) in [5, 5.41) is 0. The summed E-state index contributed by atoms with van der Waals surface area (Å²) >= 11 is 0. The second-order valence-corrected chi connectivity index (χ2v) is 4.49. The molecule has 0 fully saturated rings. The molecule has 1 aromatic rings. The van der Waals surface area contributed by atoms with Crippen LogP contribution in [0.2, 0.25) is 0 Å². The highest BCUT2D eigenvalue weighted by atomic mass is 16.5. The molecule has 0 heterocycles. The molecule has 1 aromatic carbocycles. The quantitative estimate of drug-likeness (QED) is 0.799. The van der Waals surface area contributed by atoms with Crippen LogP contribution >= 0.6 is 0 Å². The van der Waals surface area contributed by atoms with Gasteiger partial charge in [0.25, 0.3) is 0 Å². The molecule has 16 heavy (non-hydrogen) atoms. The van der Waals surface area contributed by atoms with Crippen LogP contribution in [0.4, 0.5) is 0 Å². The summed E-state index contributed by atoms with van der Waals surface area (Å²) in [4.78, 5) is 0. The van der Waals surface area contributed by atoms with E-state index in [-0.39, 0.29) is 6.04 Å². The molecule has 2 atom stereocenters. The molecule has 0 aromatic heterocycles. The molecule has 1 rings (SSSR count). The van der Waals surface area contributed by atoms with Crippen LogP contribution < -0.4 is 10.5 Å². The summed E-state index contributed by atoms with van der Waals surface area (Å²) in [6.45, 7) is 7.14. The molecule has 0 aliphatic heterocycles. The van der Waals surface area contributed by atoms with Crippen molar-refractivity contribution in [3.8, 4) is 5.75 Å². The fourth-order valence-electron chi connectivity index (χ4n) is 1.49. The Bertz CT molecular complexity index is 292. The van der Waals surface area contributed by atoms with Crippen LogP contribution in [0.3, 0.4) is 0 Å². The van der Waals surface area contributed by atoms with Crippen molar-refractivity contribution in [2.45, 2.75) is 45.6 Å². The third-order valence-corrected chi connectivity index (χ3v) is 2.90. The highest BCUT2D eigenvalue weighted by Crippen LogP contribution is 2.21. The monoisotopic (exact) mass is 221 g/mol. The van der Waals surface area contributed by atoms with Crippen LogP contribution in [0, 0.1) is 0 Å². The molecule has 2 N–H and O–H groups in total. The summed E-state index contributed by atoms with van der Waals surface area (Å²) in [7, 11) is 0. The Balaban J connectivity index is 2.45. The van der Waals surface area contributed by atoms with Gasteiger partial charge in [-0.1, -0.05) is 26.0 Å². The molecule has 0 saturated heterocycles. The van der Waals surface area contributed by atoms with Gasteiger partial charge in [0.2, 0.25) is 0 Å². The second-order valence-electron chi connectivity index (χ2n) is 4.49. The standard InChI is InChI=1S/C14H23NO/c1-4-11(2)13-5-7-14(8-6-13)16-10-9-12(3)15/h5-8,11-12H,4,9-10,15H2,1-3H3. The number of hydrogen-bond acceptors (Lipinski definition) is 2. The Kier molecular flexibility index (Phi) is 5.33. The first-order chi connectivity index (χ1) is 7.63. The predicted octanol–water partition coefficient (Wildman–Crippen LogP) is 3.32. The molecule has 0 spiro atoms. The minimum Gasteiger partial charge on any atom is -0.494 e. The molecule has 90 valence electrons. The van der Waals surface area contributed by atoms with Crippen molar-refractivity contribution < 1.29 is 4.74 Å². The molecular weight excluding hydrogens is 198 g/mol. The average Bonchev–Trinajstić information content (AvgIpc) is 2.28. The number of ether oxygens (including phenoxy) is 1. The van der Waals surface area contributed by atoms with E-state index in [1.54, 1.807) is 0 Å². The SMILES string of the molecule is CCC(C)c1ccc(OCCC(C)N)cc1. The maximum atomic E-state index is 5.66. The van der Waals surface area contributed by atoms with Gasteiger partial charge in [0.15, 0.2) is 0 Å². The van der Waals surface area contributed by atoms with Crippen LogP contribution in [0.15, 0.2) is 24.3 Å². The van der Waals surface area contributed by atoms with E-state index < -0.39 is 0 Å². The van der Waals surface area contributed by atoms with Crippen molar-refractivity contribution in [2.24, 2.45) is 5.73 Å². The van der Waals surface area contributed by atoms with Crippen LogP contribution in [-0.4, -0.2) is 12.6 Å². The van der Waals surface area contributed by atoms with E-state index in [0.29, 0.717) is 12.5 Å². The first kappa shape index (κ1) is 13.0. The third-order valence-electron chi connectivity index (χ3n) is 2.90. The van der Waals surface area contributed by atoms with Crippen LogP contribution in [0.5, 0.6) is 5.75 Å². The molecular formula is C14H23NO. The molecule has 0 aliphatic rings. The van der Waals surface area contributed by atoms with Gasteiger partial charge in [-0.3, -0.25) is 0 Å². The fraction of sp³-hybridized carbons (Fsp3) is 0.571. The van der Waals surface area contributed by atoms with E-state index in [4.69, 9.17) is 10.5 Å². The Morgan fingerprint density at radius 1 is 1.19 bits per heavy atom. The van der Waals surface area contributed by atoms with Crippen LogP contribution in [0.1, 0.15) is 45.1 Å². The zero-order chi connectivity index (χ0) is 12.0. The van der Waals surface area contributed by atoms with Crippen molar-refractivity contribution in [1.29, 1.82) is 0 Å². The maximum absolute atomic E-state index is 5.66. The number of nitrogens with two attached hydrogens (primary N) is 1. The third kappa shape index (κ3) is 4.23. The smallest absolute Gasteiger partial charge is 0.119 e. The Hall–Kier alpha value is -1.02. The highest BCUT2D eigenvalue weighted by Gasteiger charge is 2.02. The van der Waals surface area contributed by atoms with Crippen LogP contribution in [0.25, 0.3) is 0 Å². The highest BCUT2D eigenvalue weighted by molar-refractivity contribution is 5.29. The van der Waals surface area contributed by atoms with Gasteiger partial charge in [-0.05, 0) is 43.4 Å². The predicted molar refractivity (Wildman–Crippen MR) is 68.9 cm³/mol. The van der Waals surface area contributed by atoms with Crippen molar-refractivity contribution >= 4 is 0 Å². The van der Waals surface area contributed by atoms with Crippen molar-refractivity contribution in [3.63, 3.8) is 0 Å². The van der Waals surface area contributed by atoms with Crippen molar-refractivity contribution in [1.82, 2.24) is 0 Å². The lowest BCUT2D eigenvalue weighted by Crippen LogP contribution is -2.18. The van der Waals surface area contributed by atoms with Gasteiger partial charge >= 0.3 is 0 Å². The minimum atomic E-state index is 0.208. The number of hydrogen-bond donors (Lipinski definition) is 1. The second kappa shape index (κ2) is 6.54. The first-order valence-corrected chi connectivity index (χ1v) is 6.11. The summed E-state index contributed by atoms with van der Waals surface area (Å²) in [6, 6.07) is 8.59. The minimum absolute atomic E-state index is 0.208. The lowest BCUT2D eigenvalue weighted by Gasteiger charge is -2.11. The Labute approximate surface area is 98.8 Å². The largest absolute Gasteiger partial charge is 0.494 e. The summed E-state index contributed by atoms with van der Waals surface area (Å²) in [5.41, 5.74) is 7.04. The molecule has 2 heteroatoms. The van der Waals surface area contributed by atoms with Crippen LogP contribution in [-0.2, 0) is 0 Å². The van der Waals surface area contributed by atoms with Gasteiger partial charge in [-0.2, -0.15) is 0 Å². The molecule has 0 bridgehead atoms. The zero-order valence-electron chi connectivity index (χ0n) is 10.6. The molecule has 0 aliphatic carbocycles. The normalized spacial score (nSPS) is 14.5. The Morgan fingerprint density at radius 2 is 1.81 bits per heavy atom. The first-order valence-electron chi connectivity index (χ1n) is 6.11. The van der Waals surface area contributed by atoms with E-state index >= 15 is 0 Å². The lowest BCUT2D eigenvalue weighted by molar-refractivity contribution is 0.301. The molecule has 0 radical (unpaired) electrons. The summed E-state index contributed by atoms with van der Waals surface area (Å²) < 4.78 is 5.61. The molecule has 2 nitrogen and oxygen atoms in total. The van der Waals surface area contributed by atoms with E-state index in [2.05, 4.69) is 26.0 Å². The van der Waals surface area contributed by atoms with Gasteiger partial charge in [-0.25, -0.2) is 0 Å². The zero-order valence-corrected chi connectivity index (χ0v) is 10.6. The van der Waals surface area contributed by atoms with E-state index in [1.165, 1.54) is 12.0 Å². The fourth-order valence-corrected chi connectivity index (χ4v) is 1.49. The van der Waals surface area contributed by atoms with E-state index in [1.807, 2.05) is 19.1 Å². The maximum Gasteiger partial charge on any atom is 0.119 e. The molecule has 0 amide bonds. The van der Waals surface area contributed by atoms with Gasteiger partial charge in [0.1, 0.15) is 5.75 Å². The molecule has 2 unspecified atom stereocenters. The van der Waals surface area contributed by atoms with E-state index in [9.17, 15) is 0 Å². The lowest BCUT2D eigenvalue weighted by atomic mass is 9.99. The van der Waals surface area contributed by atoms with Gasteiger partial charge < -0.3 is 10.5 Å². The van der Waals surface area contributed by atoms with Gasteiger partial charge in [0, 0.05) is 6.04 Å². The number of benzene rings is 1. The summed E-state index contributed by atoms with van der Waals surface area (Å²) in [6.07, 6.45) is 2.07. The van der Waals surface area contributed by atoms with E-state index in [0.717, 1.165) is 12.2 Å². The summed E-state index contributed by atoms with van der Waals surface area (Å²) in [5.74, 6) is 1.56. The topological polar surface area (TPSA) is 35.2 Å². The average molecular weight is 221 g/mol. The van der Waals surface area contributed by atoms with Gasteiger partial charge in [0.05, 0.1) is 6.61 Å². The van der Waals surface area contributed by atoms with Crippen molar-refractivity contribution in [2.75, 3.05) is 6.61 Å². The molecule has 0 saturated carbocycles. The van der Waals surface area contributed by atoms with Gasteiger partial charge in [-0.15, -0.1) is 0 Å². The van der Waals surface area contributed by atoms with Crippen molar-refractivity contribution in [3.05, 3.63) is 29.8 Å². The number of rotatable bonds is 6.